The van der Waals surface area contributed by atoms with Gasteiger partial charge >= 0.3 is 16.3 Å². The lowest BCUT2D eigenvalue weighted by molar-refractivity contribution is 0.0749. The number of nitrogens with one attached hydrogen (secondary N) is 1. The first-order chi connectivity index (χ1) is 12.4. The summed E-state index contributed by atoms with van der Waals surface area (Å²) in [6.07, 6.45) is 2.12. The minimum absolute atomic E-state index is 0.0420. The molecule has 0 aliphatic heterocycles. The number of fused-ring (bicyclic) bond motifs is 1. The molecule has 1 aromatic heterocycles. The van der Waals surface area contributed by atoms with Crippen LogP contribution in [0.15, 0.2) is 47.1 Å². The monoisotopic (exact) mass is 376 g/mol. The smallest absolute Gasteiger partial charge is 0.410 e. The number of ether oxygens (including phenoxy) is 1. The Morgan fingerprint density at radius 2 is 2.08 bits per heavy atom. The summed E-state index contributed by atoms with van der Waals surface area (Å²) < 4.78 is 41.5. The third-order valence-corrected chi connectivity index (χ3v) is 4.53. The van der Waals surface area contributed by atoms with Gasteiger partial charge < -0.3 is 13.4 Å². The third kappa shape index (κ3) is 3.62. The second-order valence-corrected chi connectivity index (χ2v) is 6.64. The number of rotatable bonds is 6. The molecule has 1 heterocycles. The summed E-state index contributed by atoms with van der Waals surface area (Å²) in [5.74, 6) is -0.773. The molecule has 0 amide bonds. The van der Waals surface area contributed by atoms with Crippen LogP contribution in [0, 0.1) is 0 Å². The van der Waals surface area contributed by atoms with E-state index in [-0.39, 0.29) is 16.8 Å². The molecule has 9 heteroatoms. The molecule has 136 valence electrons. The predicted octanol–water partition coefficient (Wildman–Crippen LogP) is 2.91. The van der Waals surface area contributed by atoms with Crippen molar-refractivity contribution in [3.63, 3.8) is 0 Å². The number of carbonyl (C=O) groups excluding carboxylic acids is 1. The van der Waals surface area contributed by atoms with Gasteiger partial charge in [-0.2, -0.15) is 8.42 Å². The van der Waals surface area contributed by atoms with Gasteiger partial charge in [-0.25, -0.2) is 9.52 Å². The van der Waals surface area contributed by atoms with E-state index in [1.807, 2.05) is 13.0 Å². The van der Waals surface area contributed by atoms with Gasteiger partial charge in [-0.3, -0.25) is 0 Å². The van der Waals surface area contributed by atoms with Gasteiger partial charge in [0.15, 0.2) is 5.58 Å². The van der Waals surface area contributed by atoms with Crippen LogP contribution in [0.3, 0.4) is 0 Å². The van der Waals surface area contributed by atoms with Gasteiger partial charge in [0, 0.05) is 5.39 Å². The van der Waals surface area contributed by atoms with E-state index in [1.54, 1.807) is 24.3 Å². The fourth-order valence-electron chi connectivity index (χ4n) is 2.41. The molecule has 0 saturated carbocycles. The fourth-order valence-corrected chi connectivity index (χ4v) is 3.17. The second-order valence-electron chi connectivity index (χ2n) is 5.36. The highest BCUT2D eigenvalue weighted by atomic mass is 32.2. The third-order valence-electron chi connectivity index (χ3n) is 3.69. The first kappa shape index (κ1) is 17.7. The quantitative estimate of drug-likeness (QED) is 0.704. The molecular formula is C17H16N2O6S. The Kier molecular flexibility index (Phi) is 4.81. The number of benzene rings is 2. The molecule has 3 rings (SSSR count). The zero-order chi connectivity index (χ0) is 18.7. The van der Waals surface area contributed by atoms with E-state index in [2.05, 4.69) is 14.1 Å². The Balaban J connectivity index is 1.85. The normalized spacial score (nSPS) is 11.3. The molecule has 0 saturated heterocycles. The molecule has 0 aliphatic rings. The SMILES string of the molecule is CCc1ccc(OC)c(NS(=O)(=O)OC(=O)c2cccc3cnoc23)c1. The number of methoxy groups -OCH3 is 1. The number of carbonyl (C=O) groups is 1. The Morgan fingerprint density at radius 3 is 2.81 bits per heavy atom. The van der Waals surface area contributed by atoms with E-state index < -0.39 is 16.3 Å². The largest absolute Gasteiger partial charge is 0.495 e. The molecule has 0 bridgehead atoms. The Labute approximate surface area is 150 Å². The summed E-state index contributed by atoms with van der Waals surface area (Å²) in [5.41, 5.74) is 1.18. The molecule has 0 fully saturated rings. The average Bonchev–Trinajstić information content (AvgIpc) is 3.09. The summed E-state index contributed by atoms with van der Waals surface area (Å²) in [5, 5.41) is 4.14. The lowest BCUT2D eigenvalue weighted by Crippen LogP contribution is -2.21. The van der Waals surface area contributed by atoms with Crippen molar-refractivity contribution in [2.24, 2.45) is 0 Å². The van der Waals surface area contributed by atoms with Crippen molar-refractivity contribution in [1.29, 1.82) is 0 Å². The summed E-state index contributed by atoms with van der Waals surface area (Å²) in [6.45, 7) is 1.93. The van der Waals surface area contributed by atoms with Crippen molar-refractivity contribution < 1.29 is 26.7 Å². The van der Waals surface area contributed by atoms with Crippen molar-refractivity contribution in [3.05, 3.63) is 53.7 Å². The Morgan fingerprint density at radius 1 is 1.27 bits per heavy atom. The highest BCUT2D eigenvalue weighted by molar-refractivity contribution is 7.88. The highest BCUT2D eigenvalue weighted by Gasteiger charge is 2.23. The van der Waals surface area contributed by atoms with Crippen LogP contribution in [-0.4, -0.2) is 26.7 Å². The first-order valence-corrected chi connectivity index (χ1v) is 9.11. The Bertz CT molecular complexity index is 1060. The van der Waals surface area contributed by atoms with Crippen LogP contribution < -0.4 is 9.46 Å². The van der Waals surface area contributed by atoms with Crippen LogP contribution in [0.2, 0.25) is 0 Å². The van der Waals surface area contributed by atoms with Crippen molar-refractivity contribution >= 4 is 32.9 Å². The van der Waals surface area contributed by atoms with E-state index in [0.717, 1.165) is 5.56 Å². The first-order valence-electron chi connectivity index (χ1n) is 7.70. The van der Waals surface area contributed by atoms with Gasteiger partial charge in [-0.1, -0.05) is 24.2 Å². The maximum atomic E-state index is 12.3. The van der Waals surface area contributed by atoms with Gasteiger partial charge in [-0.05, 0) is 36.2 Å². The van der Waals surface area contributed by atoms with Gasteiger partial charge in [0.2, 0.25) is 0 Å². The van der Waals surface area contributed by atoms with Gasteiger partial charge in [-0.15, -0.1) is 0 Å². The molecule has 0 spiro atoms. The lowest BCUT2D eigenvalue weighted by Gasteiger charge is -2.12. The van der Waals surface area contributed by atoms with Gasteiger partial charge in [0.1, 0.15) is 11.3 Å². The van der Waals surface area contributed by atoms with E-state index in [0.29, 0.717) is 17.6 Å². The zero-order valence-electron chi connectivity index (χ0n) is 14.1. The Hall–Kier alpha value is -3.07. The summed E-state index contributed by atoms with van der Waals surface area (Å²) in [7, 11) is -3.02. The number of para-hydroxylation sites is 1. The van der Waals surface area contributed by atoms with Crippen LogP contribution in [0.25, 0.3) is 11.0 Å². The van der Waals surface area contributed by atoms with Gasteiger partial charge in [0.05, 0.1) is 19.0 Å². The minimum Gasteiger partial charge on any atom is -0.495 e. The molecule has 3 aromatic rings. The molecular weight excluding hydrogens is 360 g/mol. The van der Waals surface area contributed by atoms with Crippen LogP contribution in [0.1, 0.15) is 22.8 Å². The van der Waals surface area contributed by atoms with E-state index >= 15 is 0 Å². The molecule has 2 aromatic carbocycles. The summed E-state index contributed by atoms with van der Waals surface area (Å²) in [6, 6.07) is 9.70. The van der Waals surface area contributed by atoms with Gasteiger partial charge in [0.25, 0.3) is 0 Å². The molecule has 0 unspecified atom stereocenters. The number of aryl methyl sites for hydroxylation is 1. The summed E-state index contributed by atoms with van der Waals surface area (Å²) in [4.78, 5) is 12.3. The van der Waals surface area contributed by atoms with Crippen molar-refractivity contribution in [2.75, 3.05) is 11.8 Å². The number of nitrogens with zero attached hydrogens (tertiary/aromatic N) is 1. The molecule has 26 heavy (non-hydrogen) atoms. The van der Waals surface area contributed by atoms with Crippen molar-refractivity contribution in [3.8, 4) is 5.75 Å². The van der Waals surface area contributed by atoms with Crippen molar-refractivity contribution in [2.45, 2.75) is 13.3 Å². The van der Waals surface area contributed by atoms with Crippen molar-refractivity contribution in [1.82, 2.24) is 5.16 Å². The second kappa shape index (κ2) is 7.04. The van der Waals surface area contributed by atoms with Crippen LogP contribution in [0.5, 0.6) is 5.75 Å². The molecule has 1 N–H and O–H groups in total. The van der Waals surface area contributed by atoms with E-state index in [1.165, 1.54) is 19.4 Å². The fraction of sp³-hybridized carbons (Fsp3) is 0.176. The number of anilines is 1. The highest BCUT2D eigenvalue weighted by Crippen LogP contribution is 2.27. The average molecular weight is 376 g/mol. The predicted molar refractivity (Wildman–Crippen MR) is 94.3 cm³/mol. The van der Waals surface area contributed by atoms with Crippen LogP contribution in [-0.2, 0) is 20.9 Å². The standard InChI is InChI=1S/C17H16N2O6S/c1-3-11-7-8-15(23-2)14(9-11)19-26(21,22)25-17(20)13-6-4-5-12-10-18-24-16(12)13/h4-10,19H,3H2,1-2H3. The molecule has 0 atom stereocenters. The topological polar surface area (TPSA) is 108 Å². The molecule has 0 radical (unpaired) electrons. The number of hydrogen-bond acceptors (Lipinski definition) is 7. The number of hydrogen-bond donors (Lipinski definition) is 1. The van der Waals surface area contributed by atoms with Crippen LogP contribution >= 0.6 is 0 Å². The number of aromatic nitrogens is 1. The minimum atomic E-state index is -4.43. The molecule has 8 nitrogen and oxygen atoms in total. The van der Waals surface area contributed by atoms with E-state index in [9.17, 15) is 13.2 Å². The maximum Gasteiger partial charge on any atom is 0.410 e. The van der Waals surface area contributed by atoms with E-state index in [4.69, 9.17) is 9.26 Å². The lowest BCUT2D eigenvalue weighted by atomic mass is 10.1. The summed E-state index contributed by atoms with van der Waals surface area (Å²) >= 11 is 0. The maximum absolute atomic E-state index is 12.3. The molecule has 0 aliphatic carbocycles. The van der Waals surface area contributed by atoms with Crippen LogP contribution in [0.4, 0.5) is 5.69 Å². The zero-order valence-corrected chi connectivity index (χ0v) is 14.9.